The van der Waals surface area contributed by atoms with E-state index in [1.165, 1.54) is 22.2 Å². The fourth-order valence-corrected chi connectivity index (χ4v) is 3.36. The van der Waals surface area contributed by atoms with Crippen LogP contribution < -0.4 is 5.56 Å². The Balaban J connectivity index is 1.67. The molecule has 0 bridgehead atoms. The molecule has 3 aromatic heterocycles. The number of hydrogen-bond donors (Lipinski definition) is 1. The van der Waals surface area contributed by atoms with Crippen LogP contribution in [-0.2, 0) is 17.9 Å². The van der Waals surface area contributed by atoms with Crippen molar-refractivity contribution in [2.45, 2.75) is 33.1 Å². The van der Waals surface area contributed by atoms with Crippen molar-refractivity contribution >= 4 is 21.6 Å². The smallest absolute Gasteiger partial charge is 0.262 e. The van der Waals surface area contributed by atoms with Crippen molar-refractivity contribution in [1.82, 2.24) is 9.55 Å². The van der Waals surface area contributed by atoms with Gasteiger partial charge in [-0.2, -0.15) is 0 Å². The maximum absolute atomic E-state index is 12.5. The average molecular weight is 334 g/mol. The number of hydrogen-bond acceptors (Lipinski definition) is 6. The Morgan fingerprint density at radius 1 is 1.48 bits per heavy atom. The number of aromatic nitrogens is 2. The van der Waals surface area contributed by atoms with Gasteiger partial charge in [-0.15, -0.1) is 11.3 Å². The molecule has 1 atom stereocenters. The number of ether oxygens (including phenoxy) is 1. The zero-order chi connectivity index (χ0) is 16.4. The molecule has 1 unspecified atom stereocenters. The number of nitrogens with zero attached hydrogens (tertiary/aromatic N) is 2. The van der Waals surface area contributed by atoms with Gasteiger partial charge in [0.05, 0.1) is 37.2 Å². The van der Waals surface area contributed by atoms with Gasteiger partial charge in [-0.25, -0.2) is 4.98 Å². The van der Waals surface area contributed by atoms with Gasteiger partial charge in [-0.1, -0.05) is 0 Å². The molecule has 0 aliphatic rings. The maximum atomic E-state index is 12.5. The van der Waals surface area contributed by atoms with E-state index in [4.69, 9.17) is 9.15 Å². The first-order chi connectivity index (χ1) is 11.1. The zero-order valence-electron chi connectivity index (χ0n) is 13.0. The zero-order valence-corrected chi connectivity index (χ0v) is 13.8. The summed E-state index contributed by atoms with van der Waals surface area (Å²) in [6, 6.07) is 3.58. The molecule has 0 aliphatic carbocycles. The molecular formula is C16H18N2O4S. The second kappa shape index (κ2) is 6.66. The third-order valence-corrected chi connectivity index (χ3v) is 4.81. The number of fused-ring (bicyclic) bond motifs is 1. The Morgan fingerprint density at radius 3 is 3.04 bits per heavy atom. The Bertz CT molecular complexity index is 851. The molecule has 0 aliphatic heterocycles. The monoisotopic (exact) mass is 334 g/mol. The highest BCUT2D eigenvalue weighted by Crippen LogP contribution is 2.25. The molecule has 0 fully saturated rings. The van der Waals surface area contributed by atoms with Crippen LogP contribution in [0.4, 0.5) is 0 Å². The Labute approximate surface area is 137 Å². The van der Waals surface area contributed by atoms with Gasteiger partial charge in [0.15, 0.2) is 0 Å². The van der Waals surface area contributed by atoms with Gasteiger partial charge in [-0.05, 0) is 31.5 Å². The summed E-state index contributed by atoms with van der Waals surface area (Å²) in [7, 11) is 0. The highest BCUT2D eigenvalue weighted by atomic mass is 32.1. The van der Waals surface area contributed by atoms with Crippen LogP contribution in [0.5, 0.6) is 0 Å². The van der Waals surface area contributed by atoms with Crippen molar-refractivity contribution in [3.05, 3.63) is 51.3 Å². The third-order valence-electron chi connectivity index (χ3n) is 3.70. The summed E-state index contributed by atoms with van der Waals surface area (Å²) in [5.41, 5.74) is 0.836. The Kier molecular flexibility index (Phi) is 4.61. The molecule has 1 N–H and O–H groups in total. The van der Waals surface area contributed by atoms with E-state index in [2.05, 4.69) is 4.98 Å². The van der Waals surface area contributed by atoms with E-state index in [0.717, 1.165) is 15.3 Å². The van der Waals surface area contributed by atoms with Gasteiger partial charge in [0, 0.05) is 4.88 Å². The molecule has 0 spiro atoms. The third kappa shape index (κ3) is 3.36. The maximum Gasteiger partial charge on any atom is 0.262 e. The molecule has 3 aromatic rings. The van der Waals surface area contributed by atoms with Gasteiger partial charge in [0.2, 0.25) is 0 Å². The molecule has 23 heavy (non-hydrogen) atoms. The van der Waals surface area contributed by atoms with E-state index < -0.39 is 6.10 Å². The van der Waals surface area contributed by atoms with Crippen LogP contribution in [-0.4, -0.2) is 27.4 Å². The van der Waals surface area contributed by atoms with E-state index in [-0.39, 0.29) is 18.7 Å². The summed E-state index contributed by atoms with van der Waals surface area (Å²) >= 11 is 1.51. The van der Waals surface area contributed by atoms with Gasteiger partial charge < -0.3 is 14.3 Å². The van der Waals surface area contributed by atoms with E-state index in [9.17, 15) is 9.90 Å². The molecule has 0 amide bonds. The minimum atomic E-state index is -0.790. The SMILES string of the molecule is Cc1sc2ncn(CC(O)COCc3ccco3)c(=O)c2c1C. The molecule has 0 radical (unpaired) electrons. The first-order valence-corrected chi connectivity index (χ1v) is 8.11. The normalized spacial score (nSPS) is 12.8. The van der Waals surface area contributed by atoms with Crippen molar-refractivity contribution < 1.29 is 14.3 Å². The van der Waals surface area contributed by atoms with Crippen LogP contribution in [0.3, 0.4) is 0 Å². The standard InChI is InChI=1S/C16H18N2O4S/c1-10-11(2)23-15-14(10)16(20)18(9-17-15)6-12(19)7-21-8-13-4-3-5-22-13/h3-5,9,12,19H,6-8H2,1-2H3. The highest BCUT2D eigenvalue weighted by molar-refractivity contribution is 7.18. The Morgan fingerprint density at radius 2 is 2.30 bits per heavy atom. The predicted molar refractivity (Wildman–Crippen MR) is 87.7 cm³/mol. The number of aliphatic hydroxyl groups is 1. The van der Waals surface area contributed by atoms with Crippen molar-refractivity contribution in [1.29, 1.82) is 0 Å². The quantitative estimate of drug-likeness (QED) is 0.748. The molecule has 0 aromatic carbocycles. The summed E-state index contributed by atoms with van der Waals surface area (Å²) in [4.78, 5) is 18.7. The fraction of sp³-hybridized carbons (Fsp3) is 0.375. The number of thiophene rings is 1. The first-order valence-electron chi connectivity index (χ1n) is 7.29. The Hall–Kier alpha value is -1.96. The second-order valence-electron chi connectivity index (χ2n) is 5.41. The van der Waals surface area contributed by atoms with Crippen molar-refractivity contribution in [2.24, 2.45) is 0 Å². The van der Waals surface area contributed by atoms with Gasteiger partial charge >= 0.3 is 0 Å². The van der Waals surface area contributed by atoms with E-state index >= 15 is 0 Å². The van der Waals surface area contributed by atoms with Crippen LogP contribution >= 0.6 is 11.3 Å². The van der Waals surface area contributed by atoms with Gasteiger partial charge in [0.25, 0.3) is 5.56 Å². The molecule has 7 heteroatoms. The van der Waals surface area contributed by atoms with Gasteiger partial charge in [0.1, 0.15) is 17.2 Å². The summed E-state index contributed by atoms with van der Waals surface area (Å²) in [6.45, 7) is 4.45. The summed E-state index contributed by atoms with van der Waals surface area (Å²) < 4.78 is 12.0. The minimum absolute atomic E-state index is 0.118. The predicted octanol–water partition coefficient (Wildman–Crippen LogP) is 2.25. The van der Waals surface area contributed by atoms with Gasteiger partial charge in [-0.3, -0.25) is 9.36 Å². The highest BCUT2D eigenvalue weighted by Gasteiger charge is 2.14. The summed E-state index contributed by atoms with van der Waals surface area (Å²) in [6.07, 6.45) is 2.26. The molecule has 0 saturated carbocycles. The second-order valence-corrected chi connectivity index (χ2v) is 6.62. The molecule has 3 heterocycles. The number of rotatable bonds is 6. The fourth-order valence-electron chi connectivity index (χ4n) is 2.37. The lowest BCUT2D eigenvalue weighted by molar-refractivity contribution is 0.0142. The number of aryl methyl sites for hydroxylation is 2. The van der Waals surface area contributed by atoms with Crippen LogP contribution in [0.15, 0.2) is 33.9 Å². The number of furan rings is 1. The van der Waals surface area contributed by atoms with Crippen molar-refractivity contribution in [2.75, 3.05) is 6.61 Å². The molecule has 0 saturated heterocycles. The van der Waals surface area contributed by atoms with Crippen molar-refractivity contribution in [3.8, 4) is 0 Å². The van der Waals surface area contributed by atoms with E-state index in [1.54, 1.807) is 18.4 Å². The topological polar surface area (TPSA) is 77.5 Å². The minimum Gasteiger partial charge on any atom is -0.467 e. The lowest BCUT2D eigenvalue weighted by atomic mass is 10.2. The van der Waals surface area contributed by atoms with Crippen molar-refractivity contribution in [3.63, 3.8) is 0 Å². The largest absolute Gasteiger partial charge is 0.467 e. The van der Waals surface area contributed by atoms with E-state index in [1.807, 2.05) is 13.8 Å². The molecule has 3 rings (SSSR count). The lowest BCUT2D eigenvalue weighted by Gasteiger charge is -2.12. The molecular weight excluding hydrogens is 316 g/mol. The van der Waals surface area contributed by atoms with Crippen LogP contribution in [0.25, 0.3) is 10.2 Å². The van der Waals surface area contributed by atoms with Crippen LogP contribution in [0.2, 0.25) is 0 Å². The van der Waals surface area contributed by atoms with Crippen LogP contribution in [0.1, 0.15) is 16.2 Å². The lowest BCUT2D eigenvalue weighted by Crippen LogP contribution is -2.29. The van der Waals surface area contributed by atoms with Crippen LogP contribution in [0, 0.1) is 13.8 Å². The average Bonchev–Trinajstić information content (AvgIpc) is 3.12. The first kappa shape index (κ1) is 15.9. The number of aliphatic hydroxyl groups excluding tert-OH is 1. The molecule has 6 nitrogen and oxygen atoms in total. The van der Waals surface area contributed by atoms with E-state index in [0.29, 0.717) is 17.8 Å². The summed E-state index contributed by atoms with van der Waals surface area (Å²) in [5.74, 6) is 0.696. The molecule has 122 valence electrons. The summed E-state index contributed by atoms with van der Waals surface area (Å²) in [5, 5.41) is 10.7.